The number of rotatable bonds is 4. The Morgan fingerprint density at radius 2 is 1.81 bits per heavy atom. The van der Waals surface area contributed by atoms with E-state index in [1.54, 1.807) is 7.11 Å². The Kier molecular flexibility index (Phi) is 6.07. The van der Waals surface area contributed by atoms with E-state index >= 15 is 0 Å². The number of piperazine rings is 1. The number of likely N-dealkylation sites (tertiary alicyclic amines) is 1. The maximum Gasteiger partial charge on any atom is 0.236 e. The van der Waals surface area contributed by atoms with Crippen LogP contribution in [0.1, 0.15) is 39.5 Å². The van der Waals surface area contributed by atoms with Gasteiger partial charge in [-0.15, -0.1) is 0 Å². The maximum atomic E-state index is 12.9. The van der Waals surface area contributed by atoms with Gasteiger partial charge in [-0.05, 0) is 51.9 Å². The first-order chi connectivity index (χ1) is 12.5. The topological polar surface area (TPSA) is 36.0 Å². The Morgan fingerprint density at radius 3 is 2.46 bits per heavy atom. The molecule has 0 radical (unpaired) electrons. The lowest BCUT2D eigenvalue weighted by Crippen LogP contribution is -2.61. The predicted molar refractivity (Wildman–Crippen MR) is 106 cm³/mol. The Hall–Kier alpha value is -1.75. The number of hydrogen-bond donors (Lipinski definition) is 0. The van der Waals surface area contributed by atoms with Crippen LogP contribution < -0.4 is 9.64 Å². The Labute approximate surface area is 157 Å². The third kappa shape index (κ3) is 4.50. The van der Waals surface area contributed by atoms with Crippen molar-refractivity contribution in [1.82, 2.24) is 9.80 Å². The number of nitrogens with zero attached hydrogens (tertiary/aromatic N) is 3. The molecule has 2 heterocycles. The van der Waals surface area contributed by atoms with Gasteiger partial charge in [0.2, 0.25) is 5.91 Å². The zero-order valence-electron chi connectivity index (χ0n) is 16.5. The molecular weight excluding hydrogens is 326 g/mol. The van der Waals surface area contributed by atoms with Crippen LogP contribution in [0.25, 0.3) is 0 Å². The van der Waals surface area contributed by atoms with Crippen molar-refractivity contribution in [1.29, 1.82) is 0 Å². The molecule has 5 heteroatoms. The molecule has 0 unspecified atom stereocenters. The molecule has 2 fully saturated rings. The molecule has 2 aliphatic rings. The lowest BCUT2D eigenvalue weighted by atomic mass is 9.97. The number of hydrogen-bond acceptors (Lipinski definition) is 4. The molecular formula is C21H33N3O2. The second-order valence-electron chi connectivity index (χ2n) is 8.17. The van der Waals surface area contributed by atoms with Gasteiger partial charge in [0.05, 0.1) is 19.2 Å². The minimum atomic E-state index is -0.0982. The number of amides is 1. The highest BCUT2D eigenvalue weighted by Gasteiger charge is 2.36. The third-order valence-corrected chi connectivity index (χ3v) is 5.68. The molecule has 0 atom stereocenters. The number of methoxy groups -OCH3 is 1. The molecule has 3 rings (SSSR count). The van der Waals surface area contributed by atoms with Crippen molar-refractivity contribution in [3.05, 3.63) is 24.3 Å². The molecule has 0 spiro atoms. The zero-order valence-corrected chi connectivity index (χ0v) is 16.5. The molecule has 1 aromatic rings. The van der Waals surface area contributed by atoms with Crippen LogP contribution in [-0.4, -0.2) is 67.6 Å². The first-order valence-electron chi connectivity index (χ1n) is 9.91. The summed E-state index contributed by atoms with van der Waals surface area (Å²) in [7, 11) is 1.70. The molecule has 2 aliphatic heterocycles. The Morgan fingerprint density at radius 1 is 1.08 bits per heavy atom. The molecule has 1 aromatic carbocycles. The van der Waals surface area contributed by atoms with Crippen molar-refractivity contribution in [2.24, 2.45) is 0 Å². The van der Waals surface area contributed by atoms with Crippen LogP contribution in [0.4, 0.5) is 5.69 Å². The first kappa shape index (κ1) is 19.0. The molecule has 144 valence electrons. The second-order valence-corrected chi connectivity index (χ2v) is 8.17. The monoisotopic (exact) mass is 359 g/mol. The zero-order chi connectivity index (χ0) is 18.6. The van der Waals surface area contributed by atoms with Crippen molar-refractivity contribution in [3.8, 4) is 5.75 Å². The summed E-state index contributed by atoms with van der Waals surface area (Å²) in [6, 6.07) is 8.20. The van der Waals surface area contributed by atoms with E-state index in [-0.39, 0.29) is 11.4 Å². The Balaban J connectivity index is 1.63. The molecule has 0 N–H and O–H groups in total. The minimum Gasteiger partial charge on any atom is -0.497 e. The summed E-state index contributed by atoms with van der Waals surface area (Å²) >= 11 is 0. The molecule has 0 saturated carbocycles. The maximum absolute atomic E-state index is 12.9. The highest BCUT2D eigenvalue weighted by atomic mass is 16.5. The fraction of sp³-hybridized carbons (Fsp3) is 0.667. The van der Waals surface area contributed by atoms with Crippen molar-refractivity contribution in [2.45, 2.75) is 45.1 Å². The van der Waals surface area contributed by atoms with Crippen molar-refractivity contribution < 1.29 is 9.53 Å². The number of benzene rings is 1. The van der Waals surface area contributed by atoms with E-state index in [1.807, 2.05) is 12.1 Å². The molecule has 0 aromatic heterocycles. The SMILES string of the molecule is COc1cccc(N2CCN(C(=O)CN3CCCCCC3)CC2(C)C)c1. The highest BCUT2D eigenvalue weighted by molar-refractivity contribution is 5.79. The van der Waals surface area contributed by atoms with Gasteiger partial charge in [-0.3, -0.25) is 9.69 Å². The first-order valence-corrected chi connectivity index (χ1v) is 9.91. The number of ether oxygens (including phenoxy) is 1. The Bertz CT molecular complexity index is 609. The van der Waals surface area contributed by atoms with Gasteiger partial charge >= 0.3 is 0 Å². The third-order valence-electron chi connectivity index (χ3n) is 5.68. The number of carbonyl (C=O) groups is 1. The normalized spacial score (nSPS) is 21.3. The van der Waals surface area contributed by atoms with Crippen LogP contribution in [0.3, 0.4) is 0 Å². The standard InChI is InChI=1S/C21H33N3O2/c1-21(2)17-23(20(25)16-22-11-6-4-5-7-12-22)13-14-24(21)18-9-8-10-19(15-18)26-3/h8-10,15H,4-7,11-14,16-17H2,1-3H3. The minimum absolute atomic E-state index is 0.0982. The van der Waals surface area contributed by atoms with Gasteiger partial charge in [-0.2, -0.15) is 0 Å². The molecule has 2 saturated heterocycles. The second kappa shape index (κ2) is 8.30. The van der Waals surface area contributed by atoms with Crippen molar-refractivity contribution >= 4 is 11.6 Å². The van der Waals surface area contributed by atoms with Crippen LogP contribution in [0.2, 0.25) is 0 Å². The van der Waals surface area contributed by atoms with Gasteiger partial charge in [-0.25, -0.2) is 0 Å². The lowest BCUT2D eigenvalue weighted by molar-refractivity contribution is -0.133. The fourth-order valence-corrected chi connectivity index (χ4v) is 4.21. The van der Waals surface area contributed by atoms with Gasteiger partial charge < -0.3 is 14.5 Å². The highest BCUT2D eigenvalue weighted by Crippen LogP contribution is 2.30. The van der Waals surface area contributed by atoms with E-state index in [1.165, 1.54) is 25.7 Å². The van der Waals surface area contributed by atoms with Crippen LogP contribution in [-0.2, 0) is 4.79 Å². The van der Waals surface area contributed by atoms with Crippen LogP contribution in [0.15, 0.2) is 24.3 Å². The van der Waals surface area contributed by atoms with E-state index in [0.29, 0.717) is 6.54 Å². The molecule has 0 aliphatic carbocycles. The van der Waals surface area contributed by atoms with Crippen LogP contribution in [0, 0.1) is 0 Å². The smallest absolute Gasteiger partial charge is 0.236 e. The summed E-state index contributed by atoms with van der Waals surface area (Å²) in [6.45, 7) is 9.55. The van der Waals surface area contributed by atoms with Gasteiger partial charge in [0.15, 0.2) is 0 Å². The summed E-state index contributed by atoms with van der Waals surface area (Å²) in [5.41, 5.74) is 1.06. The summed E-state index contributed by atoms with van der Waals surface area (Å²) in [6.07, 6.45) is 5.05. The molecule has 26 heavy (non-hydrogen) atoms. The van der Waals surface area contributed by atoms with Crippen molar-refractivity contribution in [3.63, 3.8) is 0 Å². The molecule has 5 nitrogen and oxygen atoms in total. The van der Waals surface area contributed by atoms with Crippen LogP contribution >= 0.6 is 0 Å². The van der Waals surface area contributed by atoms with E-state index in [9.17, 15) is 4.79 Å². The van der Waals surface area contributed by atoms with Gasteiger partial charge in [0.1, 0.15) is 5.75 Å². The summed E-state index contributed by atoms with van der Waals surface area (Å²) in [5, 5.41) is 0. The van der Waals surface area contributed by atoms with E-state index in [0.717, 1.165) is 44.2 Å². The van der Waals surface area contributed by atoms with Gasteiger partial charge in [0, 0.05) is 31.4 Å². The summed E-state index contributed by atoms with van der Waals surface area (Å²) in [5.74, 6) is 1.16. The largest absolute Gasteiger partial charge is 0.497 e. The average Bonchev–Trinajstić information content (AvgIpc) is 2.89. The van der Waals surface area contributed by atoms with E-state index in [4.69, 9.17) is 4.74 Å². The average molecular weight is 360 g/mol. The van der Waals surface area contributed by atoms with Gasteiger partial charge in [0.25, 0.3) is 0 Å². The van der Waals surface area contributed by atoms with E-state index < -0.39 is 0 Å². The molecule has 1 amide bonds. The van der Waals surface area contributed by atoms with Gasteiger partial charge in [-0.1, -0.05) is 18.9 Å². The predicted octanol–water partition coefficient (Wildman–Crippen LogP) is 3.00. The fourth-order valence-electron chi connectivity index (χ4n) is 4.21. The quantitative estimate of drug-likeness (QED) is 0.828. The van der Waals surface area contributed by atoms with Crippen LogP contribution in [0.5, 0.6) is 5.75 Å². The summed E-state index contributed by atoms with van der Waals surface area (Å²) < 4.78 is 5.37. The number of carbonyl (C=O) groups excluding carboxylic acids is 1. The number of anilines is 1. The lowest BCUT2D eigenvalue weighted by Gasteiger charge is -2.48. The van der Waals surface area contributed by atoms with E-state index in [2.05, 4.69) is 40.7 Å². The van der Waals surface area contributed by atoms with Crippen molar-refractivity contribution in [2.75, 3.05) is 51.3 Å². The summed E-state index contributed by atoms with van der Waals surface area (Å²) in [4.78, 5) is 19.7. The molecule has 0 bridgehead atoms.